The highest BCUT2D eigenvalue weighted by Gasteiger charge is 2.09. The van der Waals surface area contributed by atoms with Crippen LogP contribution in [0.15, 0.2) is 69.3 Å². The van der Waals surface area contributed by atoms with Crippen molar-refractivity contribution in [3.05, 3.63) is 76.9 Å². The molecule has 4 aromatic rings. The van der Waals surface area contributed by atoms with Crippen molar-refractivity contribution in [2.45, 2.75) is 18.4 Å². The van der Waals surface area contributed by atoms with E-state index in [0.29, 0.717) is 40.1 Å². The largest absolute Gasteiger partial charge is 0.484 e. The van der Waals surface area contributed by atoms with E-state index in [1.807, 2.05) is 18.2 Å². The van der Waals surface area contributed by atoms with Crippen LogP contribution in [0.25, 0.3) is 10.9 Å². The molecule has 0 fully saturated rings. The van der Waals surface area contributed by atoms with Crippen LogP contribution < -0.4 is 10.3 Å². The van der Waals surface area contributed by atoms with E-state index >= 15 is 0 Å². The number of rotatable bonds is 7. The van der Waals surface area contributed by atoms with Gasteiger partial charge in [0.1, 0.15) is 11.6 Å². The molecule has 0 unspecified atom stereocenters. The molecular weight excluding hydrogens is 383 g/mol. The first-order valence-corrected chi connectivity index (χ1v) is 9.45. The number of aryl methyl sites for hydroxylation is 1. The molecule has 0 aliphatic carbocycles. The van der Waals surface area contributed by atoms with Gasteiger partial charge in [0.15, 0.2) is 6.61 Å². The maximum Gasteiger partial charge on any atom is 0.276 e. The summed E-state index contributed by atoms with van der Waals surface area (Å²) in [7, 11) is 0. The van der Waals surface area contributed by atoms with Crippen LogP contribution in [0.5, 0.6) is 5.75 Å². The molecule has 0 aliphatic heterocycles. The number of hydrogen-bond acceptors (Lipinski definition) is 7. The van der Waals surface area contributed by atoms with E-state index in [9.17, 15) is 9.18 Å². The summed E-state index contributed by atoms with van der Waals surface area (Å²) in [4.78, 5) is 16.7. The Bertz CT molecular complexity index is 1140. The van der Waals surface area contributed by atoms with E-state index in [-0.39, 0.29) is 18.0 Å². The Morgan fingerprint density at radius 3 is 2.79 bits per heavy atom. The normalized spacial score (nSPS) is 11.0. The Hall–Kier alpha value is -3.20. The first-order chi connectivity index (χ1) is 13.7. The maximum absolute atomic E-state index is 12.9. The molecule has 0 spiro atoms. The number of ether oxygens (including phenoxy) is 1. The summed E-state index contributed by atoms with van der Waals surface area (Å²) in [6.45, 7) is 0.554. The zero-order chi connectivity index (χ0) is 19.3. The molecule has 0 saturated carbocycles. The predicted octanol–water partition coefficient (Wildman–Crippen LogP) is 3.29. The van der Waals surface area contributed by atoms with Crippen molar-refractivity contribution in [2.75, 3.05) is 5.75 Å². The lowest BCUT2D eigenvalue weighted by Gasteiger charge is -2.05. The number of hydrogen-bond donors (Lipinski definition) is 0. The number of nitrogens with zero attached hydrogens (tertiary/aromatic N) is 4. The van der Waals surface area contributed by atoms with Crippen LogP contribution in [-0.4, -0.2) is 25.5 Å². The van der Waals surface area contributed by atoms with Crippen LogP contribution >= 0.6 is 11.8 Å². The molecule has 2 aromatic carbocycles. The highest BCUT2D eigenvalue weighted by molar-refractivity contribution is 7.99. The molecule has 142 valence electrons. The van der Waals surface area contributed by atoms with Gasteiger partial charge in [-0.15, -0.1) is 10.2 Å². The smallest absolute Gasteiger partial charge is 0.276 e. The minimum atomic E-state index is -0.329. The average Bonchev–Trinajstić information content (AvgIpc) is 3.17. The Balaban J connectivity index is 1.32. The molecule has 9 heteroatoms. The topological polar surface area (TPSA) is 83.0 Å². The lowest BCUT2D eigenvalue weighted by atomic mass is 10.2. The Labute approximate surface area is 163 Å². The van der Waals surface area contributed by atoms with Gasteiger partial charge < -0.3 is 9.15 Å². The third-order valence-electron chi connectivity index (χ3n) is 3.91. The van der Waals surface area contributed by atoms with Crippen LogP contribution in [0.1, 0.15) is 5.89 Å². The van der Waals surface area contributed by atoms with Crippen molar-refractivity contribution < 1.29 is 13.5 Å². The highest BCUT2D eigenvalue weighted by atomic mass is 32.2. The summed E-state index contributed by atoms with van der Waals surface area (Å²) >= 11 is 1.34. The van der Waals surface area contributed by atoms with Crippen molar-refractivity contribution in [3.63, 3.8) is 0 Å². The zero-order valence-corrected chi connectivity index (χ0v) is 15.4. The standard InChI is InChI=1S/C19H15FN4O3S/c20-13-5-7-14(8-6-13)26-11-17-22-23-19(27-17)28-10-9-24-12-21-16-4-2-1-3-15(16)18(24)25/h1-8,12H,9-11H2. The maximum atomic E-state index is 12.9. The second-order valence-corrected chi connectivity index (χ2v) is 6.86. The predicted molar refractivity (Wildman–Crippen MR) is 102 cm³/mol. The van der Waals surface area contributed by atoms with Crippen molar-refractivity contribution in [1.29, 1.82) is 0 Å². The Morgan fingerprint density at radius 1 is 1.11 bits per heavy atom. The summed E-state index contributed by atoms with van der Waals surface area (Å²) in [6.07, 6.45) is 1.54. The molecule has 0 amide bonds. The SMILES string of the molecule is O=c1c2ccccc2ncn1CCSc1nnc(COc2ccc(F)cc2)o1. The van der Waals surface area contributed by atoms with E-state index < -0.39 is 0 Å². The Morgan fingerprint density at radius 2 is 1.93 bits per heavy atom. The minimum Gasteiger partial charge on any atom is -0.484 e. The summed E-state index contributed by atoms with van der Waals surface area (Å²) in [5.74, 6) is 1.07. The van der Waals surface area contributed by atoms with Crippen LogP contribution in [0, 0.1) is 5.82 Å². The number of fused-ring (bicyclic) bond motifs is 1. The number of aromatic nitrogens is 4. The van der Waals surface area contributed by atoms with Crippen LogP contribution in [0.3, 0.4) is 0 Å². The van der Waals surface area contributed by atoms with Gasteiger partial charge in [-0.3, -0.25) is 9.36 Å². The second kappa shape index (κ2) is 8.22. The van der Waals surface area contributed by atoms with Gasteiger partial charge in [0.2, 0.25) is 0 Å². The zero-order valence-electron chi connectivity index (χ0n) is 14.6. The highest BCUT2D eigenvalue weighted by Crippen LogP contribution is 2.18. The fraction of sp³-hybridized carbons (Fsp3) is 0.158. The van der Waals surface area contributed by atoms with E-state index in [4.69, 9.17) is 9.15 Å². The fourth-order valence-electron chi connectivity index (χ4n) is 2.53. The third-order valence-corrected chi connectivity index (χ3v) is 4.71. The van der Waals surface area contributed by atoms with E-state index in [2.05, 4.69) is 15.2 Å². The molecule has 0 radical (unpaired) electrons. The first kappa shape index (κ1) is 18.2. The summed E-state index contributed by atoms with van der Waals surface area (Å²) < 4.78 is 25.4. The molecule has 0 N–H and O–H groups in total. The van der Waals surface area contributed by atoms with Crippen molar-refractivity contribution in [1.82, 2.24) is 19.7 Å². The second-order valence-electron chi connectivity index (χ2n) is 5.81. The van der Waals surface area contributed by atoms with Gasteiger partial charge in [0.25, 0.3) is 16.7 Å². The number of para-hydroxylation sites is 1. The minimum absolute atomic E-state index is 0.0786. The quantitative estimate of drug-likeness (QED) is 0.442. The number of halogens is 1. The van der Waals surface area contributed by atoms with E-state index in [1.165, 1.54) is 36.0 Å². The lowest BCUT2D eigenvalue weighted by Crippen LogP contribution is -2.21. The van der Waals surface area contributed by atoms with Gasteiger partial charge in [0, 0.05) is 12.3 Å². The van der Waals surface area contributed by atoms with Crippen molar-refractivity contribution in [2.24, 2.45) is 0 Å². The number of thioether (sulfide) groups is 1. The molecule has 4 rings (SSSR count). The van der Waals surface area contributed by atoms with E-state index in [1.54, 1.807) is 17.0 Å². The van der Waals surface area contributed by atoms with Gasteiger partial charge in [0.05, 0.1) is 17.2 Å². The molecule has 7 nitrogen and oxygen atoms in total. The van der Waals surface area contributed by atoms with Gasteiger partial charge in [-0.1, -0.05) is 23.9 Å². The van der Waals surface area contributed by atoms with Gasteiger partial charge in [-0.05, 0) is 36.4 Å². The van der Waals surface area contributed by atoms with Crippen molar-refractivity contribution in [3.8, 4) is 5.75 Å². The third kappa shape index (κ3) is 4.20. The molecular formula is C19H15FN4O3S. The van der Waals surface area contributed by atoms with Gasteiger partial charge in [-0.25, -0.2) is 9.37 Å². The molecule has 0 saturated heterocycles. The summed E-state index contributed by atoms with van der Waals surface area (Å²) in [5.41, 5.74) is 0.601. The van der Waals surface area contributed by atoms with Crippen molar-refractivity contribution >= 4 is 22.7 Å². The molecule has 0 aliphatic rings. The van der Waals surface area contributed by atoms with Crippen LogP contribution in [-0.2, 0) is 13.2 Å². The monoisotopic (exact) mass is 398 g/mol. The lowest BCUT2D eigenvalue weighted by molar-refractivity contribution is 0.252. The first-order valence-electron chi connectivity index (χ1n) is 8.47. The molecule has 0 atom stereocenters. The molecule has 0 bridgehead atoms. The summed E-state index contributed by atoms with van der Waals surface area (Å²) in [6, 6.07) is 12.9. The number of benzene rings is 2. The summed E-state index contributed by atoms with van der Waals surface area (Å²) in [5, 5.41) is 8.84. The van der Waals surface area contributed by atoms with Gasteiger partial charge >= 0.3 is 0 Å². The average molecular weight is 398 g/mol. The Kier molecular flexibility index (Phi) is 5.34. The molecule has 2 heterocycles. The van der Waals surface area contributed by atoms with Gasteiger partial charge in [-0.2, -0.15) is 0 Å². The van der Waals surface area contributed by atoms with E-state index in [0.717, 1.165) is 0 Å². The van der Waals surface area contributed by atoms with Crippen LogP contribution in [0.4, 0.5) is 4.39 Å². The molecule has 2 aromatic heterocycles. The molecule has 28 heavy (non-hydrogen) atoms. The van der Waals surface area contributed by atoms with Crippen LogP contribution in [0.2, 0.25) is 0 Å². The fourth-order valence-corrected chi connectivity index (χ4v) is 3.24.